The van der Waals surface area contributed by atoms with Gasteiger partial charge in [0.05, 0.1) is 0 Å². The molecule has 0 fully saturated rings. The van der Waals surface area contributed by atoms with E-state index in [-0.39, 0.29) is 5.41 Å². The van der Waals surface area contributed by atoms with Crippen molar-refractivity contribution >= 4 is 16.3 Å². The molecule has 0 atom stereocenters. The molecule has 0 unspecified atom stereocenters. The first-order valence-electron chi connectivity index (χ1n) is 8.96. The first-order valence-corrected chi connectivity index (χ1v) is 8.96. The minimum atomic E-state index is 0.0746. The number of allylic oxidation sites excluding steroid dienone is 3. The Labute approximate surface area is 149 Å². The Bertz CT molecular complexity index is 699. The van der Waals surface area contributed by atoms with Gasteiger partial charge in [0.15, 0.2) is 0 Å². The third-order valence-electron chi connectivity index (χ3n) is 4.19. The summed E-state index contributed by atoms with van der Waals surface area (Å²) in [4.78, 5) is 0. The van der Waals surface area contributed by atoms with E-state index in [0.717, 1.165) is 0 Å². The molecule has 24 heavy (non-hydrogen) atoms. The molecule has 0 aliphatic heterocycles. The summed E-state index contributed by atoms with van der Waals surface area (Å²) in [5.41, 5.74) is 5.36. The maximum absolute atomic E-state index is 4.33. The topological polar surface area (TPSA) is 0 Å². The molecule has 0 saturated carbocycles. The molecule has 0 amide bonds. The summed E-state index contributed by atoms with van der Waals surface area (Å²) < 4.78 is 0. The molecule has 130 valence electrons. The fraction of sp³-hybridized carbons (Fsp3) is 0.333. The number of hydrogen-bond acceptors (Lipinski definition) is 0. The van der Waals surface area contributed by atoms with Crippen LogP contribution in [0.2, 0.25) is 0 Å². The maximum Gasteiger partial charge on any atom is 0.0155 e. The van der Waals surface area contributed by atoms with Crippen LogP contribution < -0.4 is 0 Å². The van der Waals surface area contributed by atoms with E-state index in [1.54, 1.807) is 0 Å². The highest BCUT2D eigenvalue weighted by Gasteiger charge is 2.37. The highest BCUT2D eigenvalue weighted by molar-refractivity contribution is 6.02. The Morgan fingerprint density at radius 2 is 1.42 bits per heavy atom. The lowest BCUT2D eigenvalue weighted by Gasteiger charge is -2.21. The lowest BCUT2D eigenvalue weighted by molar-refractivity contribution is 0.660. The van der Waals surface area contributed by atoms with Crippen molar-refractivity contribution in [1.82, 2.24) is 0 Å². The van der Waals surface area contributed by atoms with Crippen LogP contribution in [-0.2, 0) is 5.41 Å². The molecule has 0 spiro atoms. The molecule has 0 bridgehead atoms. The van der Waals surface area contributed by atoms with Crippen LogP contribution in [0, 0.1) is 0 Å². The van der Waals surface area contributed by atoms with Gasteiger partial charge in [-0.3, -0.25) is 0 Å². The van der Waals surface area contributed by atoms with Gasteiger partial charge in [0, 0.05) is 5.41 Å². The quantitative estimate of drug-likeness (QED) is 0.432. The van der Waals surface area contributed by atoms with Gasteiger partial charge in [-0.2, -0.15) is 0 Å². The normalized spacial score (nSPS) is 15.3. The predicted octanol–water partition coefficient (Wildman–Crippen LogP) is 7.95. The molecule has 0 N–H and O–H groups in total. The zero-order valence-corrected chi connectivity index (χ0v) is 16.7. The van der Waals surface area contributed by atoms with Crippen molar-refractivity contribution in [1.29, 1.82) is 0 Å². The van der Waals surface area contributed by atoms with Crippen LogP contribution >= 0.6 is 0 Å². The summed E-state index contributed by atoms with van der Waals surface area (Å²) in [5.74, 6) is 0. The van der Waals surface area contributed by atoms with E-state index in [1.807, 2.05) is 27.7 Å². The van der Waals surface area contributed by atoms with E-state index < -0.39 is 0 Å². The summed E-state index contributed by atoms with van der Waals surface area (Å²) in [6.07, 6.45) is 2.21. The van der Waals surface area contributed by atoms with Crippen LogP contribution in [0.3, 0.4) is 0 Å². The molecular weight excluding hydrogens is 288 g/mol. The minimum absolute atomic E-state index is 0.0746. The van der Waals surface area contributed by atoms with Crippen LogP contribution in [0.25, 0.3) is 16.3 Å². The lowest BCUT2D eigenvalue weighted by Crippen LogP contribution is -2.14. The minimum Gasteiger partial charge on any atom is -0.106 e. The largest absolute Gasteiger partial charge is 0.106 e. The van der Waals surface area contributed by atoms with E-state index in [2.05, 4.69) is 83.0 Å². The van der Waals surface area contributed by atoms with Crippen LogP contribution in [0.5, 0.6) is 0 Å². The standard InChI is InChI=1S/C18H18.2C2H6.C2H4/c1-5-15-12(2)17-14-9-7-6-8-13(14)10-11-16(17)18(15,3)4;3*1-2/h5-11H,2H2,1,3-4H3;2*1-2H3;1-2H2/b15-5+;;;. The molecule has 0 heteroatoms. The average Bonchev–Trinajstić information content (AvgIpc) is 2.85. The zero-order valence-electron chi connectivity index (χ0n) is 16.7. The van der Waals surface area contributed by atoms with Gasteiger partial charge in [0.1, 0.15) is 0 Å². The Hall–Kier alpha value is -2.08. The van der Waals surface area contributed by atoms with Crippen molar-refractivity contribution in [2.75, 3.05) is 0 Å². The molecule has 2 aromatic rings. The predicted molar refractivity (Wildman–Crippen MR) is 114 cm³/mol. The van der Waals surface area contributed by atoms with Crippen molar-refractivity contribution in [2.45, 2.75) is 53.9 Å². The number of rotatable bonds is 0. The van der Waals surface area contributed by atoms with Crippen molar-refractivity contribution in [2.24, 2.45) is 0 Å². The summed E-state index contributed by atoms with van der Waals surface area (Å²) in [6.45, 7) is 25.0. The number of benzene rings is 2. The van der Waals surface area contributed by atoms with Gasteiger partial charge in [-0.25, -0.2) is 0 Å². The Morgan fingerprint density at radius 1 is 0.875 bits per heavy atom. The van der Waals surface area contributed by atoms with Crippen LogP contribution in [0.15, 0.2) is 67.8 Å². The Balaban J connectivity index is 0.000000798. The number of hydrogen-bond donors (Lipinski definition) is 0. The van der Waals surface area contributed by atoms with Crippen LogP contribution in [0.4, 0.5) is 0 Å². The first kappa shape index (κ1) is 21.9. The van der Waals surface area contributed by atoms with Gasteiger partial charge < -0.3 is 0 Å². The van der Waals surface area contributed by atoms with Gasteiger partial charge in [-0.05, 0) is 40.0 Å². The highest BCUT2D eigenvalue weighted by Crippen LogP contribution is 2.50. The zero-order chi connectivity index (χ0) is 18.9. The van der Waals surface area contributed by atoms with Crippen molar-refractivity contribution in [3.63, 3.8) is 0 Å². The van der Waals surface area contributed by atoms with Gasteiger partial charge in [-0.1, -0.05) is 90.6 Å². The SMILES string of the molecule is C=C.C=C1/C(=C\C)C(C)(C)c2ccc3ccccc3c21.CC.CC. The molecule has 0 saturated heterocycles. The van der Waals surface area contributed by atoms with Crippen LogP contribution in [-0.4, -0.2) is 0 Å². The van der Waals surface area contributed by atoms with E-state index in [1.165, 1.54) is 33.0 Å². The highest BCUT2D eigenvalue weighted by atomic mass is 14.4. The Kier molecular flexibility index (Phi) is 9.07. The molecule has 1 aliphatic carbocycles. The van der Waals surface area contributed by atoms with Crippen molar-refractivity contribution in [3.05, 3.63) is 78.9 Å². The molecule has 0 heterocycles. The third-order valence-corrected chi connectivity index (χ3v) is 4.19. The van der Waals surface area contributed by atoms with Gasteiger partial charge in [0.2, 0.25) is 0 Å². The molecular formula is C24H34. The molecule has 0 aromatic heterocycles. The summed E-state index contributed by atoms with van der Waals surface area (Å²) in [6, 6.07) is 13.1. The van der Waals surface area contributed by atoms with E-state index in [9.17, 15) is 0 Å². The summed E-state index contributed by atoms with van der Waals surface area (Å²) in [5, 5.41) is 2.62. The summed E-state index contributed by atoms with van der Waals surface area (Å²) in [7, 11) is 0. The van der Waals surface area contributed by atoms with Crippen molar-refractivity contribution in [3.8, 4) is 0 Å². The Morgan fingerprint density at radius 3 is 1.96 bits per heavy atom. The lowest BCUT2D eigenvalue weighted by atomic mass is 9.82. The maximum atomic E-state index is 4.33. The monoisotopic (exact) mass is 322 g/mol. The number of fused-ring (bicyclic) bond motifs is 3. The fourth-order valence-corrected chi connectivity index (χ4v) is 3.31. The second-order valence-corrected chi connectivity index (χ2v) is 5.52. The second-order valence-electron chi connectivity index (χ2n) is 5.52. The second kappa shape index (κ2) is 9.93. The molecule has 0 nitrogen and oxygen atoms in total. The van der Waals surface area contributed by atoms with E-state index in [4.69, 9.17) is 0 Å². The molecule has 1 aliphatic rings. The van der Waals surface area contributed by atoms with E-state index in [0.29, 0.717) is 0 Å². The molecule has 0 radical (unpaired) electrons. The van der Waals surface area contributed by atoms with Crippen molar-refractivity contribution < 1.29 is 0 Å². The summed E-state index contributed by atoms with van der Waals surface area (Å²) >= 11 is 0. The smallest absolute Gasteiger partial charge is 0.0155 e. The van der Waals surface area contributed by atoms with Gasteiger partial charge >= 0.3 is 0 Å². The third kappa shape index (κ3) is 3.70. The van der Waals surface area contributed by atoms with Gasteiger partial charge in [-0.15, -0.1) is 13.2 Å². The van der Waals surface area contributed by atoms with Crippen LogP contribution in [0.1, 0.15) is 59.6 Å². The first-order chi connectivity index (χ1) is 11.6. The molecule has 2 aromatic carbocycles. The molecule has 3 rings (SSSR count). The fourth-order valence-electron chi connectivity index (χ4n) is 3.31. The van der Waals surface area contributed by atoms with Gasteiger partial charge in [0.25, 0.3) is 0 Å². The van der Waals surface area contributed by atoms with E-state index >= 15 is 0 Å². The average molecular weight is 323 g/mol.